The van der Waals surface area contributed by atoms with Crippen LogP contribution in [0.5, 0.6) is 0 Å². The second kappa shape index (κ2) is 10.7. The van der Waals surface area contributed by atoms with Gasteiger partial charge in [0.25, 0.3) is 0 Å². The molecule has 0 rings (SSSR count). The lowest BCUT2D eigenvalue weighted by Crippen LogP contribution is -2.53. The van der Waals surface area contributed by atoms with Crippen molar-refractivity contribution in [3.63, 3.8) is 0 Å². The van der Waals surface area contributed by atoms with Gasteiger partial charge in [0.15, 0.2) is 0 Å². The summed E-state index contributed by atoms with van der Waals surface area (Å²) in [5.41, 5.74) is 0.667. The first-order valence-corrected chi connectivity index (χ1v) is 11.3. The number of aliphatic hydroxyl groups is 1. The molecular weight excluding hydrogens is 346 g/mol. The van der Waals surface area contributed by atoms with Crippen LogP contribution < -0.4 is 0 Å². The van der Waals surface area contributed by atoms with Crippen molar-refractivity contribution in [2.75, 3.05) is 39.3 Å². The highest BCUT2D eigenvalue weighted by Crippen LogP contribution is 2.26. The third-order valence-corrected chi connectivity index (χ3v) is 5.37. The molecular formula is C24H53N3O. The van der Waals surface area contributed by atoms with Gasteiger partial charge in [0, 0.05) is 41.8 Å². The van der Waals surface area contributed by atoms with Gasteiger partial charge in [0.2, 0.25) is 0 Å². The second-order valence-corrected chi connectivity index (χ2v) is 12.3. The Kier molecular flexibility index (Phi) is 10.7. The highest BCUT2D eigenvalue weighted by atomic mass is 16.3. The highest BCUT2D eigenvalue weighted by Gasteiger charge is 2.32. The van der Waals surface area contributed by atoms with E-state index >= 15 is 0 Å². The number of nitrogens with zero attached hydrogens (tertiary/aromatic N) is 3. The van der Waals surface area contributed by atoms with Crippen LogP contribution in [0.3, 0.4) is 0 Å². The molecule has 0 aliphatic heterocycles. The SMILES string of the molecule is CC(C)(C)N(CCCN(CCO)CCCN(C(C)(C)C)C(C)(C)C)C(C)(C)C. The molecule has 0 atom stereocenters. The lowest BCUT2D eigenvalue weighted by Gasteiger charge is -2.46. The topological polar surface area (TPSA) is 30.0 Å². The largest absolute Gasteiger partial charge is 0.395 e. The van der Waals surface area contributed by atoms with Gasteiger partial charge in [-0.25, -0.2) is 0 Å². The molecule has 0 aliphatic rings. The van der Waals surface area contributed by atoms with Crippen molar-refractivity contribution < 1.29 is 5.11 Å². The Hall–Kier alpha value is -0.160. The van der Waals surface area contributed by atoms with Crippen LogP contribution in [0.25, 0.3) is 0 Å². The van der Waals surface area contributed by atoms with Gasteiger partial charge in [0.05, 0.1) is 6.61 Å². The first-order valence-electron chi connectivity index (χ1n) is 11.3. The maximum atomic E-state index is 9.51. The zero-order chi connectivity index (χ0) is 22.4. The van der Waals surface area contributed by atoms with E-state index in [0.717, 1.165) is 45.6 Å². The van der Waals surface area contributed by atoms with E-state index in [-0.39, 0.29) is 28.8 Å². The van der Waals surface area contributed by atoms with Crippen molar-refractivity contribution in [3.05, 3.63) is 0 Å². The standard InChI is InChI=1S/C24H53N3O/c1-21(2,3)26(22(4,5)6)17-13-15-25(19-20-28)16-14-18-27(23(7,8)9)24(10,11)12/h28H,13-20H2,1-12H3. The van der Waals surface area contributed by atoms with E-state index in [2.05, 4.69) is 97.8 Å². The zero-order valence-corrected chi connectivity index (χ0v) is 21.4. The van der Waals surface area contributed by atoms with E-state index in [4.69, 9.17) is 0 Å². The van der Waals surface area contributed by atoms with Gasteiger partial charge in [-0.15, -0.1) is 0 Å². The molecule has 0 amide bonds. The molecule has 4 nitrogen and oxygen atoms in total. The lowest BCUT2D eigenvalue weighted by molar-refractivity contribution is 0.0291. The van der Waals surface area contributed by atoms with Crippen LogP contribution in [0.2, 0.25) is 0 Å². The zero-order valence-electron chi connectivity index (χ0n) is 21.4. The fraction of sp³-hybridized carbons (Fsp3) is 1.00. The van der Waals surface area contributed by atoms with E-state index in [1.54, 1.807) is 0 Å². The van der Waals surface area contributed by atoms with Gasteiger partial charge in [-0.05, 0) is 109 Å². The summed E-state index contributed by atoms with van der Waals surface area (Å²) in [6.07, 6.45) is 2.27. The molecule has 0 unspecified atom stereocenters. The van der Waals surface area contributed by atoms with Crippen LogP contribution in [-0.4, -0.2) is 81.3 Å². The molecule has 0 aromatic heterocycles. The van der Waals surface area contributed by atoms with Crippen LogP contribution >= 0.6 is 0 Å². The van der Waals surface area contributed by atoms with E-state index in [0.29, 0.717) is 0 Å². The third kappa shape index (κ3) is 10.6. The summed E-state index contributed by atoms with van der Waals surface area (Å²) >= 11 is 0. The summed E-state index contributed by atoms with van der Waals surface area (Å²) in [4.78, 5) is 7.63. The van der Waals surface area contributed by atoms with Crippen molar-refractivity contribution in [1.82, 2.24) is 14.7 Å². The average molecular weight is 400 g/mol. The number of rotatable bonds is 10. The van der Waals surface area contributed by atoms with Gasteiger partial charge in [0.1, 0.15) is 0 Å². The summed E-state index contributed by atoms with van der Waals surface area (Å²) in [7, 11) is 0. The quantitative estimate of drug-likeness (QED) is 0.568. The maximum Gasteiger partial charge on any atom is 0.0558 e. The Labute approximate surface area is 177 Å². The Morgan fingerprint density at radius 2 is 0.750 bits per heavy atom. The van der Waals surface area contributed by atoms with Gasteiger partial charge in [-0.2, -0.15) is 0 Å². The molecule has 28 heavy (non-hydrogen) atoms. The predicted molar refractivity (Wildman–Crippen MR) is 125 cm³/mol. The van der Waals surface area contributed by atoms with Gasteiger partial charge < -0.3 is 10.0 Å². The molecule has 1 N–H and O–H groups in total. The summed E-state index contributed by atoms with van der Waals surface area (Å²) in [5, 5.41) is 9.51. The minimum atomic E-state index is 0.167. The molecule has 0 fully saturated rings. The Morgan fingerprint density at radius 1 is 0.464 bits per heavy atom. The number of hydrogen-bond donors (Lipinski definition) is 1. The van der Waals surface area contributed by atoms with Gasteiger partial charge >= 0.3 is 0 Å². The Bertz CT molecular complexity index is 355. The van der Waals surface area contributed by atoms with Crippen LogP contribution in [0.15, 0.2) is 0 Å². The monoisotopic (exact) mass is 399 g/mol. The first-order chi connectivity index (χ1) is 12.4. The summed E-state index contributed by atoms with van der Waals surface area (Å²) in [5.74, 6) is 0. The summed E-state index contributed by atoms with van der Waals surface area (Å²) in [6, 6.07) is 0. The van der Waals surface area contributed by atoms with E-state index in [1.165, 1.54) is 0 Å². The van der Waals surface area contributed by atoms with Crippen LogP contribution in [-0.2, 0) is 0 Å². The average Bonchev–Trinajstić information content (AvgIpc) is 2.42. The van der Waals surface area contributed by atoms with Gasteiger partial charge in [-0.1, -0.05) is 0 Å². The molecule has 0 aromatic rings. The fourth-order valence-electron chi connectivity index (χ4n) is 4.74. The minimum absolute atomic E-state index is 0.167. The van der Waals surface area contributed by atoms with Crippen molar-refractivity contribution in [1.29, 1.82) is 0 Å². The molecule has 0 bridgehead atoms. The molecule has 0 saturated heterocycles. The molecule has 4 heteroatoms. The number of hydrogen-bond acceptors (Lipinski definition) is 4. The smallest absolute Gasteiger partial charge is 0.0558 e. The maximum absolute atomic E-state index is 9.51. The van der Waals surface area contributed by atoms with E-state index < -0.39 is 0 Å². The normalized spacial score (nSPS) is 14.6. The molecule has 0 aromatic carbocycles. The molecule has 0 heterocycles. The summed E-state index contributed by atoms with van der Waals surface area (Å²) in [6.45, 7) is 32.9. The lowest BCUT2D eigenvalue weighted by atomic mass is 9.95. The minimum Gasteiger partial charge on any atom is -0.395 e. The van der Waals surface area contributed by atoms with Crippen molar-refractivity contribution in [2.45, 2.75) is 118 Å². The first kappa shape index (κ1) is 27.8. The highest BCUT2D eigenvalue weighted by molar-refractivity contribution is 4.88. The number of aliphatic hydroxyl groups excluding tert-OH is 1. The fourth-order valence-corrected chi connectivity index (χ4v) is 4.74. The Morgan fingerprint density at radius 3 is 0.964 bits per heavy atom. The van der Waals surface area contributed by atoms with Crippen molar-refractivity contribution >= 4 is 0 Å². The molecule has 0 saturated carbocycles. The summed E-state index contributed by atoms with van der Waals surface area (Å²) < 4.78 is 0. The second-order valence-electron chi connectivity index (χ2n) is 12.3. The van der Waals surface area contributed by atoms with Crippen molar-refractivity contribution in [3.8, 4) is 0 Å². The molecule has 170 valence electrons. The Balaban J connectivity index is 4.72. The van der Waals surface area contributed by atoms with Gasteiger partial charge in [-0.3, -0.25) is 9.80 Å². The predicted octanol–water partition coefficient (Wildman–Crippen LogP) is 4.86. The van der Waals surface area contributed by atoms with Crippen LogP contribution in [0, 0.1) is 0 Å². The van der Waals surface area contributed by atoms with Crippen molar-refractivity contribution in [2.24, 2.45) is 0 Å². The van der Waals surface area contributed by atoms with Crippen LogP contribution in [0.4, 0.5) is 0 Å². The third-order valence-electron chi connectivity index (χ3n) is 5.37. The molecule has 0 spiro atoms. The molecule has 0 aliphatic carbocycles. The van der Waals surface area contributed by atoms with E-state index in [1.807, 2.05) is 0 Å². The van der Waals surface area contributed by atoms with Crippen LogP contribution in [0.1, 0.15) is 95.9 Å². The van der Waals surface area contributed by atoms with E-state index in [9.17, 15) is 5.11 Å². The molecule has 0 radical (unpaired) electrons.